The second-order valence-electron chi connectivity index (χ2n) is 3.37. The van der Waals surface area contributed by atoms with E-state index in [2.05, 4.69) is 27.8 Å². The molecule has 0 bridgehead atoms. The van der Waals surface area contributed by atoms with Gasteiger partial charge in [0.05, 0.1) is 0 Å². The molecular weight excluding hydrogens is 168 g/mol. The molecule has 0 amide bonds. The van der Waals surface area contributed by atoms with Crippen molar-refractivity contribution >= 4 is 5.95 Å². The molecule has 1 aromatic heterocycles. The first-order chi connectivity index (χ1) is 6.11. The van der Waals surface area contributed by atoms with Crippen LogP contribution in [0, 0.1) is 0 Å². The largest absolute Gasteiger partial charge is 0.347 e. The van der Waals surface area contributed by atoms with Crippen LogP contribution in [0.15, 0.2) is 0 Å². The van der Waals surface area contributed by atoms with Crippen LogP contribution in [0.4, 0.5) is 5.95 Å². The van der Waals surface area contributed by atoms with Crippen LogP contribution in [0.25, 0.3) is 0 Å². The molecule has 1 heterocycles. The van der Waals surface area contributed by atoms with Gasteiger partial charge in [-0.25, -0.2) is 4.68 Å². The lowest BCUT2D eigenvalue weighted by Gasteiger charge is -2.27. The first-order valence-corrected chi connectivity index (χ1v) is 4.32. The van der Waals surface area contributed by atoms with Crippen molar-refractivity contribution in [3.8, 4) is 0 Å². The molecule has 74 valence electrons. The van der Waals surface area contributed by atoms with Crippen LogP contribution < -0.4 is 11.1 Å². The summed E-state index contributed by atoms with van der Waals surface area (Å²) in [6, 6.07) is 0. The number of hydrogen-bond acceptors (Lipinski definition) is 5. The molecule has 6 nitrogen and oxygen atoms in total. The highest BCUT2D eigenvalue weighted by molar-refractivity contribution is 5.26. The number of tetrazole rings is 1. The summed E-state index contributed by atoms with van der Waals surface area (Å²) < 4.78 is 1.59. The molecule has 0 fully saturated rings. The standard InChI is InChI=1S/C7H16N6/c1-4-7(2,5-8)9-6-10-11-12-13(6)3/h4-5,8H2,1-3H3,(H,9,10,12). The van der Waals surface area contributed by atoms with Crippen LogP contribution in [0.2, 0.25) is 0 Å². The fourth-order valence-corrected chi connectivity index (χ4v) is 0.889. The van der Waals surface area contributed by atoms with Gasteiger partial charge in [-0.1, -0.05) is 12.0 Å². The van der Waals surface area contributed by atoms with Crippen LogP contribution in [0.1, 0.15) is 20.3 Å². The van der Waals surface area contributed by atoms with Gasteiger partial charge < -0.3 is 11.1 Å². The summed E-state index contributed by atoms with van der Waals surface area (Å²) in [6.07, 6.45) is 0.927. The Kier molecular flexibility index (Phi) is 2.82. The fourth-order valence-electron chi connectivity index (χ4n) is 0.889. The average molecular weight is 184 g/mol. The van der Waals surface area contributed by atoms with Gasteiger partial charge in [0.25, 0.3) is 0 Å². The summed E-state index contributed by atoms with van der Waals surface area (Å²) in [4.78, 5) is 0. The molecule has 1 unspecified atom stereocenters. The molecule has 0 radical (unpaired) electrons. The molecular formula is C7H16N6. The van der Waals surface area contributed by atoms with Gasteiger partial charge in [0, 0.05) is 19.1 Å². The Morgan fingerprint density at radius 2 is 2.31 bits per heavy atom. The van der Waals surface area contributed by atoms with Crippen molar-refractivity contribution in [2.45, 2.75) is 25.8 Å². The second kappa shape index (κ2) is 3.69. The van der Waals surface area contributed by atoms with E-state index in [9.17, 15) is 0 Å². The van der Waals surface area contributed by atoms with Gasteiger partial charge in [0.2, 0.25) is 5.95 Å². The molecule has 0 aromatic carbocycles. The SMILES string of the molecule is CCC(C)(CN)Nc1nnnn1C. The van der Waals surface area contributed by atoms with Gasteiger partial charge in [-0.3, -0.25) is 0 Å². The minimum absolute atomic E-state index is 0.136. The van der Waals surface area contributed by atoms with Crippen molar-refractivity contribution in [2.24, 2.45) is 12.8 Å². The number of nitrogens with zero attached hydrogens (tertiary/aromatic N) is 4. The summed E-state index contributed by atoms with van der Waals surface area (Å²) in [5.41, 5.74) is 5.51. The number of hydrogen-bond donors (Lipinski definition) is 2. The van der Waals surface area contributed by atoms with Crippen molar-refractivity contribution < 1.29 is 0 Å². The Morgan fingerprint density at radius 3 is 2.69 bits per heavy atom. The summed E-state index contributed by atoms with van der Waals surface area (Å²) in [5, 5.41) is 14.3. The molecule has 1 atom stereocenters. The van der Waals surface area contributed by atoms with Crippen molar-refractivity contribution in [2.75, 3.05) is 11.9 Å². The predicted octanol–water partition coefficient (Wildman–Crippen LogP) is -0.251. The Morgan fingerprint density at radius 1 is 1.62 bits per heavy atom. The number of aromatic nitrogens is 4. The van der Waals surface area contributed by atoms with E-state index in [1.54, 1.807) is 11.7 Å². The van der Waals surface area contributed by atoms with E-state index >= 15 is 0 Å². The van der Waals surface area contributed by atoms with E-state index in [0.29, 0.717) is 12.5 Å². The van der Waals surface area contributed by atoms with E-state index in [1.165, 1.54) is 0 Å². The number of nitrogens with two attached hydrogens (primary N) is 1. The average Bonchev–Trinajstić information content (AvgIpc) is 2.52. The Bertz CT molecular complexity index is 264. The predicted molar refractivity (Wildman–Crippen MR) is 50.2 cm³/mol. The lowest BCUT2D eigenvalue weighted by atomic mass is 10.00. The van der Waals surface area contributed by atoms with Gasteiger partial charge >= 0.3 is 0 Å². The number of nitrogens with one attached hydrogen (secondary N) is 1. The lowest BCUT2D eigenvalue weighted by molar-refractivity contribution is 0.498. The molecule has 13 heavy (non-hydrogen) atoms. The summed E-state index contributed by atoms with van der Waals surface area (Å²) in [5.74, 6) is 0.648. The molecule has 3 N–H and O–H groups in total. The second-order valence-corrected chi connectivity index (χ2v) is 3.37. The smallest absolute Gasteiger partial charge is 0.243 e. The van der Waals surface area contributed by atoms with E-state index in [0.717, 1.165) is 6.42 Å². The maximum absolute atomic E-state index is 5.64. The minimum atomic E-state index is -0.136. The molecule has 0 saturated carbocycles. The molecule has 1 rings (SSSR count). The third-order valence-corrected chi connectivity index (χ3v) is 2.26. The minimum Gasteiger partial charge on any atom is -0.347 e. The monoisotopic (exact) mass is 184 g/mol. The van der Waals surface area contributed by atoms with Crippen LogP contribution in [0.5, 0.6) is 0 Å². The first-order valence-electron chi connectivity index (χ1n) is 4.32. The Labute approximate surface area is 77.5 Å². The first kappa shape index (κ1) is 9.91. The van der Waals surface area contributed by atoms with Gasteiger partial charge in [0.1, 0.15) is 0 Å². The van der Waals surface area contributed by atoms with Gasteiger partial charge in [-0.15, -0.1) is 0 Å². The summed E-state index contributed by atoms with van der Waals surface area (Å²) in [7, 11) is 1.79. The van der Waals surface area contributed by atoms with Crippen molar-refractivity contribution in [1.29, 1.82) is 0 Å². The fraction of sp³-hybridized carbons (Fsp3) is 0.857. The van der Waals surface area contributed by atoms with Crippen LogP contribution in [-0.4, -0.2) is 32.3 Å². The molecule has 6 heteroatoms. The molecule has 0 saturated heterocycles. The zero-order valence-corrected chi connectivity index (χ0v) is 8.28. The highest BCUT2D eigenvalue weighted by Crippen LogP contribution is 2.13. The topological polar surface area (TPSA) is 81.7 Å². The third kappa shape index (κ3) is 2.15. The van der Waals surface area contributed by atoms with Gasteiger partial charge in [-0.05, 0) is 23.8 Å². The van der Waals surface area contributed by atoms with Gasteiger partial charge in [-0.2, -0.15) is 0 Å². The quantitative estimate of drug-likeness (QED) is 0.674. The zero-order valence-electron chi connectivity index (χ0n) is 8.28. The molecule has 0 spiro atoms. The van der Waals surface area contributed by atoms with E-state index in [1.807, 2.05) is 6.92 Å². The lowest BCUT2D eigenvalue weighted by Crippen LogP contribution is -2.42. The molecule has 0 aliphatic heterocycles. The number of anilines is 1. The van der Waals surface area contributed by atoms with Crippen LogP contribution in [0.3, 0.4) is 0 Å². The molecule has 0 aliphatic rings. The summed E-state index contributed by atoms with van der Waals surface area (Å²) >= 11 is 0. The maximum Gasteiger partial charge on any atom is 0.243 e. The van der Waals surface area contributed by atoms with E-state index in [-0.39, 0.29) is 5.54 Å². The third-order valence-electron chi connectivity index (χ3n) is 2.26. The molecule has 1 aromatic rings. The number of aryl methyl sites for hydroxylation is 1. The molecule has 0 aliphatic carbocycles. The van der Waals surface area contributed by atoms with Crippen molar-refractivity contribution in [1.82, 2.24) is 20.2 Å². The van der Waals surface area contributed by atoms with E-state index in [4.69, 9.17) is 5.73 Å². The highest BCUT2D eigenvalue weighted by Gasteiger charge is 2.21. The zero-order chi connectivity index (χ0) is 9.90. The highest BCUT2D eigenvalue weighted by atomic mass is 15.6. The number of rotatable bonds is 4. The maximum atomic E-state index is 5.64. The van der Waals surface area contributed by atoms with E-state index < -0.39 is 0 Å². The van der Waals surface area contributed by atoms with Crippen LogP contribution in [-0.2, 0) is 7.05 Å². The van der Waals surface area contributed by atoms with Crippen LogP contribution >= 0.6 is 0 Å². The van der Waals surface area contributed by atoms with Gasteiger partial charge in [0.15, 0.2) is 0 Å². The normalized spacial score (nSPS) is 15.4. The Hall–Kier alpha value is -1.17. The Balaban J connectivity index is 2.73. The van der Waals surface area contributed by atoms with Crippen molar-refractivity contribution in [3.63, 3.8) is 0 Å². The van der Waals surface area contributed by atoms with Crippen molar-refractivity contribution in [3.05, 3.63) is 0 Å². The summed E-state index contributed by atoms with van der Waals surface area (Å²) in [6.45, 7) is 4.67.